The summed E-state index contributed by atoms with van der Waals surface area (Å²) in [5.41, 5.74) is 2.98. The molecule has 0 bridgehead atoms. The average Bonchev–Trinajstić information content (AvgIpc) is 2.83. The number of methoxy groups -OCH3 is 2. The van der Waals surface area contributed by atoms with Gasteiger partial charge in [-0.15, -0.1) is 0 Å². The maximum atomic E-state index is 12.8. The Bertz CT molecular complexity index is 965. The number of esters is 2. The lowest BCUT2D eigenvalue weighted by Gasteiger charge is -2.69. The molecule has 0 N–H and O–H groups in total. The number of rotatable bonds is 5. The van der Waals surface area contributed by atoms with E-state index in [0.717, 1.165) is 38.5 Å². The quantitative estimate of drug-likeness (QED) is 0.288. The van der Waals surface area contributed by atoms with Crippen molar-refractivity contribution in [2.75, 3.05) is 14.2 Å². The van der Waals surface area contributed by atoms with Crippen LogP contribution in [-0.2, 0) is 19.1 Å². The molecule has 4 heteroatoms. The molecule has 202 valence electrons. The van der Waals surface area contributed by atoms with Gasteiger partial charge in [-0.1, -0.05) is 51.5 Å². The molecule has 4 aliphatic carbocycles. The van der Waals surface area contributed by atoms with Crippen LogP contribution in [0.2, 0.25) is 0 Å². The summed E-state index contributed by atoms with van der Waals surface area (Å²) in [6.45, 7) is 18.7. The first kappa shape index (κ1) is 27.5. The Labute approximate surface area is 219 Å². The molecular weight excluding hydrogens is 448 g/mol. The summed E-state index contributed by atoms with van der Waals surface area (Å²) >= 11 is 0. The normalized spacial score (nSPS) is 45.9. The zero-order valence-electron chi connectivity index (χ0n) is 24.2. The highest BCUT2D eigenvalue weighted by molar-refractivity contribution is 5.76. The van der Waals surface area contributed by atoms with Gasteiger partial charge in [0.2, 0.25) is 0 Å². The summed E-state index contributed by atoms with van der Waals surface area (Å²) in [7, 11) is 3.03. The van der Waals surface area contributed by atoms with Crippen LogP contribution in [0.3, 0.4) is 0 Å². The summed E-state index contributed by atoms with van der Waals surface area (Å²) < 4.78 is 10.3. The van der Waals surface area contributed by atoms with Crippen LogP contribution in [0.15, 0.2) is 23.8 Å². The van der Waals surface area contributed by atoms with Gasteiger partial charge in [0.25, 0.3) is 0 Å². The number of fused-ring (bicyclic) bond motifs is 5. The van der Waals surface area contributed by atoms with Gasteiger partial charge in [-0.2, -0.15) is 0 Å². The molecule has 0 saturated heterocycles. The van der Waals surface area contributed by atoms with Gasteiger partial charge in [-0.25, -0.2) is 0 Å². The van der Waals surface area contributed by atoms with Crippen molar-refractivity contribution in [1.29, 1.82) is 0 Å². The topological polar surface area (TPSA) is 52.6 Å². The maximum Gasteiger partial charge on any atom is 0.311 e. The molecule has 0 aromatic rings. The number of hydrogen-bond acceptors (Lipinski definition) is 4. The fourth-order valence-corrected chi connectivity index (χ4v) is 9.78. The molecule has 0 aromatic carbocycles. The van der Waals surface area contributed by atoms with E-state index in [2.05, 4.69) is 54.2 Å². The van der Waals surface area contributed by atoms with Crippen molar-refractivity contribution in [1.82, 2.24) is 0 Å². The standard InChI is InChI=1S/C32H50O4/c1-21(2)22-12-15-32(7)25(30(22,5)14-13-26(33)35-8)11-10-23-24-20-29(4,27(34)36-9)17-16-28(24,3)18-19-31(23,32)6/h10,22,24-25H,1,11-20H2,2-9H3/t22-,24-,25+,28+,29+,30-,31+,32+/m0/s1. The zero-order chi connectivity index (χ0) is 26.7. The van der Waals surface area contributed by atoms with E-state index in [1.165, 1.54) is 39.1 Å². The van der Waals surface area contributed by atoms with Crippen LogP contribution in [0.1, 0.15) is 106 Å². The van der Waals surface area contributed by atoms with Crippen molar-refractivity contribution in [2.45, 2.75) is 106 Å². The number of carbonyl (C=O) groups excluding carboxylic acids is 2. The van der Waals surface area contributed by atoms with Crippen molar-refractivity contribution in [2.24, 2.45) is 44.8 Å². The van der Waals surface area contributed by atoms with Crippen molar-refractivity contribution < 1.29 is 19.1 Å². The van der Waals surface area contributed by atoms with Crippen LogP contribution in [0.25, 0.3) is 0 Å². The van der Waals surface area contributed by atoms with Crippen molar-refractivity contribution in [3.8, 4) is 0 Å². The first-order valence-corrected chi connectivity index (χ1v) is 14.2. The average molecular weight is 499 g/mol. The minimum atomic E-state index is -0.400. The molecule has 0 heterocycles. The summed E-state index contributed by atoms with van der Waals surface area (Å²) in [6, 6.07) is 0. The summed E-state index contributed by atoms with van der Waals surface area (Å²) in [6.07, 6.45) is 12.6. The third-order valence-corrected chi connectivity index (χ3v) is 12.5. The second-order valence-electron chi connectivity index (χ2n) is 14.2. The highest BCUT2D eigenvalue weighted by Gasteiger charge is 2.66. The van der Waals surface area contributed by atoms with Gasteiger partial charge in [-0.3, -0.25) is 9.59 Å². The van der Waals surface area contributed by atoms with E-state index in [9.17, 15) is 9.59 Å². The molecule has 4 nitrogen and oxygen atoms in total. The molecule has 4 aliphatic rings. The molecule has 0 radical (unpaired) electrons. The van der Waals surface area contributed by atoms with E-state index in [-0.39, 0.29) is 33.6 Å². The van der Waals surface area contributed by atoms with Crippen molar-refractivity contribution in [3.05, 3.63) is 23.8 Å². The predicted molar refractivity (Wildman–Crippen MR) is 144 cm³/mol. The van der Waals surface area contributed by atoms with Gasteiger partial charge >= 0.3 is 11.9 Å². The van der Waals surface area contributed by atoms with Crippen molar-refractivity contribution in [3.63, 3.8) is 0 Å². The zero-order valence-corrected chi connectivity index (χ0v) is 24.2. The Morgan fingerprint density at radius 2 is 1.67 bits per heavy atom. The van der Waals surface area contributed by atoms with E-state index in [1.807, 2.05) is 0 Å². The van der Waals surface area contributed by atoms with Gasteiger partial charge in [0.15, 0.2) is 0 Å². The minimum absolute atomic E-state index is 0.00586. The molecule has 36 heavy (non-hydrogen) atoms. The smallest absolute Gasteiger partial charge is 0.311 e. The van der Waals surface area contributed by atoms with E-state index in [0.29, 0.717) is 24.2 Å². The molecule has 4 rings (SSSR count). The Morgan fingerprint density at radius 1 is 1.00 bits per heavy atom. The van der Waals surface area contributed by atoms with Gasteiger partial charge < -0.3 is 9.47 Å². The predicted octanol–water partition coefficient (Wildman–Crippen LogP) is 7.67. The third-order valence-electron chi connectivity index (χ3n) is 12.5. The number of ether oxygens (including phenoxy) is 2. The molecule has 0 unspecified atom stereocenters. The Kier molecular flexibility index (Phi) is 6.88. The molecule has 0 aliphatic heterocycles. The van der Waals surface area contributed by atoms with E-state index < -0.39 is 5.41 Å². The monoisotopic (exact) mass is 498 g/mol. The second kappa shape index (κ2) is 9.02. The lowest BCUT2D eigenvalue weighted by molar-refractivity contribution is -0.163. The fraction of sp³-hybridized carbons (Fsp3) is 0.812. The van der Waals surface area contributed by atoms with Gasteiger partial charge in [-0.05, 0) is 111 Å². The lowest BCUT2D eigenvalue weighted by Crippen LogP contribution is -2.61. The number of hydrogen-bond donors (Lipinski definition) is 0. The van der Waals surface area contributed by atoms with Crippen LogP contribution in [0.4, 0.5) is 0 Å². The van der Waals surface area contributed by atoms with E-state index in [4.69, 9.17) is 9.47 Å². The van der Waals surface area contributed by atoms with Crippen LogP contribution in [0, 0.1) is 44.8 Å². The van der Waals surface area contributed by atoms with Gasteiger partial charge in [0.1, 0.15) is 0 Å². The molecular formula is C32H50O4. The summed E-state index contributed by atoms with van der Waals surface area (Å²) in [5.74, 6) is 1.17. The Hall–Kier alpha value is -1.58. The van der Waals surface area contributed by atoms with Crippen LogP contribution >= 0.6 is 0 Å². The molecule has 0 amide bonds. The van der Waals surface area contributed by atoms with Crippen LogP contribution in [-0.4, -0.2) is 26.2 Å². The number of allylic oxidation sites excluding steroid dienone is 3. The fourth-order valence-electron chi connectivity index (χ4n) is 9.78. The first-order chi connectivity index (χ1) is 16.7. The molecule has 3 fully saturated rings. The Balaban J connectivity index is 1.76. The largest absolute Gasteiger partial charge is 0.469 e. The highest BCUT2D eigenvalue weighted by Crippen LogP contribution is 2.74. The molecule has 0 aromatic heterocycles. The number of carbonyl (C=O) groups is 2. The molecule has 3 saturated carbocycles. The minimum Gasteiger partial charge on any atom is -0.469 e. The molecule has 8 atom stereocenters. The molecule has 0 spiro atoms. The summed E-state index contributed by atoms with van der Waals surface area (Å²) in [5, 5.41) is 0. The third kappa shape index (κ3) is 3.83. The van der Waals surface area contributed by atoms with Crippen LogP contribution < -0.4 is 0 Å². The van der Waals surface area contributed by atoms with E-state index in [1.54, 1.807) is 5.57 Å². The first-order valence-electron chi connectivity index (χ1n) is 14.2. The van der Waals surface area contributed by atoms with Gasteiger partial charge in [0.05, 0.1) is 19.6 Å². The highest BCUT2D eigenvalue weighted by atomic mass is 16.5. The van der Waals surface area contributed by atoms with Crippen molar-refractivity contribution >= 4 is 11.9 Å². The second-order valence-corrected chi connectivity index (χ2v) is 14.2. The van der Waals surface area contributed by atoms with Crippen LogP contribution in [0.5, 0.6) is 0 Å². The SMILES string of the molecule is C=C(C)[C@@H]1CC[C@]2(C)[C@H](CC=C3[C@@H]4C[C@](C)(C(=O)OC)CC[C@]4(C)CC[C@]32C)[C@@]1(C)CCC(=O)OC. The maximum absolute atomic E-state index is 12.8. The summed E-state index contributed by atoms with van der Waals surface area (Å²) in [4.78, 5) is 25.1. The van der Waals surface area contributed by atoms with E-state index >= 15 is 0 Å². The Morgan fingerprint density at radius 3 is 2.28 bits per heavy atom. The lowest BCUT2D eigenvalue weighted by atomic mass is 9.35. The van der Waals surface area contributed by atoms with Gasteiger partial charge in [0, 0.05) is 6.42 Å².